The molecule has 1 atom stereocenters. The fourth-order valence-corrected chi connectivity index (χ4v) is 4.05. The van der Waals surface area contributed by atoms with E-state index >= 15 is 0 Å². The van der Waals surface area contributed by atoms with Crippen LogP contribution < -0.4 is 10.1 Å². The van der Waals surface area contributed by atoms with Crippen LogP contribution in [0.15, 0.2) is 78.9 Å². The van der Waals surface area contributed by atoms with Crippen LogP contribution in [-0.4, -0.2) is 37.7 Å². The zero-order valence-corrected chi connectivity index (χ0v) is 18.5. The van der Waals surface area contributed by atoms with Gasteiger partial charge in [0.25, 0.3) is 5.91 Å². The largest absolute Gasteiger partial charge is 0.494 e. The number of fused-ring (bicyclic) bond motifs is 1. The third kappa shape index (κ3) is 5.29. The molecule has 32 heavy (non-hydrogen) atoms. The Balaban J connectivity index is 1.46. The van der Waals surface area contributed by atoms with Crippen molar-refractivity contribution in [3.05, 3.63) is 95.6 Å². The molecule has 166 valence electrons. The van der Waals surface area contributed by atoms with E-state index in [1.165, 1.54) is 5.56 Å². The first-order valence-electron chi connectivity index (χ1n) is 11.2. The van der Waals surface area contributed by atoms with Gasteiger partial charge < -0.3 is 19.7 Å². The SMILES string of the molecule is COCCCN1C(=O)c2ccccc2NC1c1cccc(OCCCc2ccccc2)c1. The van der Waals surface area contributed by atoms with Gasteiger partial charge in [-0.25, -0.2) is 0 Å². The molecule has 0 saturated carbocycles. The highest BCUT2D eigenvalue weighted by Gasteiger charge is 2.32. The van der Waals surface area contributed by atoms with Crippen LogP contribution in [0.25, 0.3) is 0 Å². The molecule has 1 N–H and O–H groups in total. The van der Waals surface area contributed by atoms with Crippen LogP contribution in [0.1, 0.15) is 40.5 Å². The Bertz CT molecular complexity index is 1020. The minimum Gasteiger partial charge on any atom is -0.494 e. The Kier molecular flexibility index (Phi) is 7.41. The third-order valence-corrected chi connectivity index (χ3v) is 5.66. The highest BCUT2D eigenvalue weighted by molar-refractivity contribution is 6.01. The topological polar surface area (TPSA) is 50.8 Å². The minimum absolute atomic E-state index is 0.0367. The quantitative estimate of drug-likeness (QED) is 0.444. The average Bonchev–Trinajstić information content (AvgIpc) is 2.84. The summed E-state index contributed by atoms with van der Waals surface area (Å²) < 4.78 is 11.2. The highest BCUT2D eigenvalue weighted by atomic mass is 16.5. The summed E-state index contributed by atoms with van der Waals surface area (Å²) in [6.45, 7) is 1.87. The maximum Gasteiger partial charge on any atom is 0.257 e. The molecule has 0 fully saturated rings. The maximum atomic E-state index is 13.2. The standard InChI is InChI=1S/C27H30N2O3/c1-31-18-9-17-29-26(28-25-16-6-5-15-24(25)27(29)30)22-13-7-14-23(20-22)32-19-8-12-21-10-3-2-4-11-21/h2-7,10-11,13-16,20,26,28H,8-9,12,17-19H2,1H3. The van der Waals surface area contributed by atoms with Gasteiger partial charge in [-0.3, -0.25) is 4.79 Å². The van der Waals surface area contributed by atoms with Crippen molar-refractivity contribution < 1.29 is 14.3 Å². The molecule has 3 aromatic carbocycles. The normalized spacial score (nSPS) is 15.2. The molecule has 1 amide bonds. The van der Waals surface area contributed by atoms with Gasteiger partial charge in [0.05, 0.1) is 12.2 Å². The summed E-state index contributed by atoms with van der Waals surface area (Å²) in [5.41, 5.74) is 3.89. The summed E-state index contributed by atoms with van der Waals surface area (Å²) in [5, 5.41) is 3.55. The lowest BCUT2D eigenvalue weighted by molar-refractivity contribution is 0.0660. The van der Waals surface area contributed by atoms with Gasteiger partial charge in [0.1, 0.15) is 11.9 Å². The van der Waals surface area contributed by atoms with Crippen molar-refractivity contribution in [3.8, 4) is 5.75 Å². The number of nitrogens with zero attached hydrogens (tertiary/aromatic N) is 1. The summed E-state index contributed by atoms with van der Waals surface area (Å²) in [5.74, 6) is 0.857. The van der Waals surface area contributed by atoms with Crippen molar-refractivity contribution in [2.45, 2.75) is 25.4 Å². The Morgan fingerprint density at radius 3 is 2.56 bits per heavy atom. The lowest BCUT2D eigenvalue weighted by Crippen LogP contribution is -2.43. The van der Waals surface area contributed by atoms with E-state index in [1.54, 1.807) is 7.11 Å². The monoisotopic (exact) mass is 430 g/mol. The number of hydrogen-bond donors (Lipinski definition) is 1. The number of hydrogen-bond acceptors (Lipinski definition) is 4. The number of carbonyl (C=O) groups excluding carboxylic acids is 1. The Morgan fingerprint density at radius 1 is 0.906 bits per heavy atom. The first-order chi connectivity index (χ1) is 15.8. The van der Waals surface area contributed by atoms with Crippen LogP contribution in [0.2, 0.25) is 0 Å². The molecule has 1 aliphatic rings. The molecule has 1 unspecified atom stereocenters. The fourth-order valence-electron chi connectivity index (χ4n) is 4.05. The molecule has 5 nitrogen and oxygen atoms in total. The second-order valence-electron chi connectivity index (χ2n) is 7.95. The number of aryl methyl sites for hydroxylation is 1. The number of amides is 1. The van der Waals surface area contributed by atoms with E-state index < -0.39 is 0 Å². The number of anilines is 1. The van der Waals surface area contributed by atoms with Crippen LogP contribution in [0, 0.1) is 0 Å². The van der Waals surface area contributed by atoms with Crippen molar-refractivity contribution in [1.82, 2.24) is 4.90 Å². The summed E-state index contributed by atoms with van der Waals surface area (Å²) in [6.07, 6.45) is 2.47. The van der Waals surface area contributed by atoms with Crippen molar-refractivity contribution in [2.24, 2.45) is 0 Å². The van der Waals surface area contributed by atoms with Gasteiger partial charge in [-0.15, -0.1) is 0 Å². The second-order valence-corrected chi connectivity index (χ2v) is 7.95. The van der Waals surface area contributed by atoms with Crippen molar-refractivity contribution in [3.63, 3.8) is 0 Å². The number of methoxy groups -OCH3 is 1. The first kappa shape index (κ1) is 21.9. The van der Waals surface area contributed by atoms with Crippen molar-refractivity contribution in [1.29, 1.82) is 0 Å². The second kappa shape index (κ2) is 10.8. The molecule has 3 aromatic rings. The number of para-hydroxylation sites is 1. The minimum atomic E-state index is -0.248. The van der Waals surface area contributed by atoms with E-state index in [0.29, 0.717) is 25.3 Å². The van der Waals surface area contributed by atoms with Gasteiger partial charge in [-0.05, 0) is 54.7 Å². The predicted octanol–water partition coefficient (Wildman–Crippen LogP) is 5.30. The zero-order chi connectivity index (χ0) is 22.2. The molecule has 0 aliphatic carbocycles. The molecule has 0 bridgehead atoms. The predicted molar refractivity (Wildman–Crippen MR) is 127 cm³/mol. The molecule has 5 heteroatoms. The van der Waals surface area contributed by atoms with Gasteiger partial charge in [-0.2, -0.15) is 0 Å². The number of rotatable bonds is 10. The first-order valence-corrected chi connectivity index (χ1v) is 11.2. The lowest BCUT2D eigenvalue weighted by atomic mass is 10.0. The molecule has 0 radical (unpaired) electrons. The molecule has 4 rings (SSSR count). The summed E-state index contributed by atoms with van der Waals surface area (Å²) >= 11 is 0. The molecule has 1 heterocycles. The van der Waals surface area contributed by atoms with E-state index in [-0.39, 0.29) is 12.1 Å². The molecular weight excluding hydrogens is 400 g/mol. The van der Waals surface area contributed by atoms with Gasteiger partial charge in [0.15, 0.2) is 0 Å². The van der Waals surface area contributed by atoms with Crippen molar-refractivity contribution >= 4 is 11.6 Å². The van der Waals surface area contributed by atoms with E-state index in [1.807, 2.05) is 59.5 Å². The molecule has 0 saturated heterocycles. The maximum absolute atomic E-state index is 13.2. The third-order valence-electron chi connectivity index (χ3n) is 5.66. The number of ether oxygens (including phenoxy) is 2. The molecule has 0 aromatic heterocycles. The van der Waals surface area contributed by atoms with Gasteiger partial charge in [0.2, 0.25) is 0 Å². The summed E-state index contributed by atoms with van der Waals surface area (Å²) in [7, 11) is 1.68. The van der Waals surface area contributed by atoms with Crippen LogP contribution in [0.4, 0.5) is 5.69 Å². The van der Waals surface area contributed by atoms with Crippen LogP contribution in [0.3, 0.4) is 0 Å². The fraction of sp³-hybridized carbons (Fsp3) is 0.296. The lowest BCUT2D eigenvalue weighted by Gasteiger charge is -2.38. The van der Waals surface area contributed by atoms with Gasteiger partial charge in [0, 0.05) is 25.9 Å². The smallest absolute Gasteiger partial charge is 0.257 e. The molecule has 0 spiro atoms. The summed E-state index contributed by atoms with van der Waals surface area (Å²) in [6, 6.07) is 26.2. The van der Waals surface area contributed by atoms with E-state index in [0.717, 1.165) is 36.3 Å². The van der Waals surface area contributed by atoms with Crippen LogP contribution in [0.5, 0.6) is 5.75 Å². The summed E-state index contributed by atoms with van der Waals surface area (Å²) in [4.78, 5) is 15.1. The number of nitrogens with one attached hydrogen (secondary N) is 1. The average molecular weight is 431 g/mol. The van der Waals surface area contributed by atoms with E-state index in [9.17, 15) is 4.79 Å². The molecule has 1 aliphatic heterocycles. The van der Waals surface area contributed by atoms with Crippen LogP contribution >= 0.6 is 0 Å². The Morgan fingerprint density at radius 2 is 1.72 bits per heavy atom. The van der Waals surface area contributed by atoms with E-state index in [2.05, 4.69) is 29.6 Å². The Hall–Kier alpha value is -3.31. The van der Waals surface area contributed by atoms with Crippen molar-refractivity contribution in [2.75, 3.05) is 32.2 Å². The zero-order valence-electron chi connectivity index (χ0n) is 18.5. The van der Waals surface area contributed by atoms with Gasteiger partial charge in [-0.1, -0.05) is 54.6 Å². The van der Waals surface area contributed by atoms with Gasteiger partial charge >= 0.3 is 0 Å². The Labute approximate surface area is 190 Å². The number of benzene rings is 3. The highest BCUT2D eigenvalue weighted by Crippen LogP contribution is 2.34. The van der Waals surface area contributed by atoms with Crippen LogP contribution in [-0.2, 0) is 11.2 Å². The van der Waals surface area contributed by atoms with E-state index in [4.69, 9.17) is 9.47 Å². The molecular formula is C27H30N2O3. The number of carbonyl (C=O) groups is 1.